The van der Waals surface area contributed by atoms with Crippen LogP contribution in [0, 0.1) is 12.7 Å². The molecule has 0 aromatic heterocycles. The molecule has 0 bridgehead atoms. The van der Waals surface area contributed by atoms with Gasteiger partial charge in [-0.3, -0.25) is 0 Å². The van der Waals surface area contributed by atoms with E-state index in [-0.39, 0.29) is 24.7 Å². The lowest BCUT2D eigenvalue weighted by atomic mass is 9.99. The standard InChI is InChI=1S/C13H17F4N/c1-9-5-6-10(11(14)8-9)12(18-2)4-3-7-13(15,16)17/h5-6,8,12,18H,3-4,7H2,1-2H3. The first-order valence-corrected chi connectivity index (χ1v) is 5.83. The molecule has 0 aliphatic heterocycles. The minimum absolute atomic E-state index is 0.0116. The van der Waals surface area contributed by atoms with Gasteiger partial charge in [0.1, 0.15) is 5.82 Å². The van der Waals surface area contributed by atoms with Crippen LogP contribution in [0.1, 0.15) is 36.4 Å². The van der Waals surface area contributed by atoms with Gasteiger partial charge in [0.05, 0.1) is 0 Å². The molecular weight excluding hydrogens is 246 g/mol. The summed E-state index contributed by atoms with van der Waals surface area (Å²) in [6.45, 7) is 1.77. The first-order valence-electron chi connectivity index (χ1n) is 5.83. The third-order valence-corrected chi connectivity index (χ3v) is 2.83. The van der Waals surface area contributed by atoms with Gasteiger partial charge in [-0.05, 0) is 38.4 Å². The van der Waals surface area contributed by atoms with E-state index in [0.717, 1.165) is 5.56 Å². The SMILES string of the molecule is CNC(CCCC(F)(F)F)c1ccc(C)cc1F. The van der Waals surface area contributed by atoms with Gasteiger partial charge >= 0.3 is 6.18 Å². The maximum absolute atomic E-state index is 13.7. The maximum Gasteiger partial charge on any atom is 0.389 e. The van der Waals surface area contributed by atoms with Crippen molar-refractivity contribution >= 4 is 0 Å². The number of halogens is 4. The molecule has 18 heavy (non-hydrogen) atoms. The molecule has 0 spiro atoms. The van der Waals surface area contributed by atoms with Crippen LogP contribution < -0.4 is 5.32 Å². The summed E-state index contributed by atoms with van der Waals surface area (Å²) in [6, 6.07) is 4.39. The highest BCUT2D eigenvalue weighted by Gasteiger charge is 2.27. The molecular formula is C13H17F4N. The lowest BCUT2D eigenvalue weighted by molar-refractivity contribution is -0.135. The largest absolute Gasteiger partial charge is 0.389 e. The zero-order valence-electron chi connectivity index (χ0n) is 10.4. The fourth-order valence-corrected chi connectivity index (χ4v) is 1.88. The van der Waals surface area contributed by atoms with Crippen molar-refractivity contribution in [3.63, 3.8) is 0 Å². The number of hydrogen-bond acceptors (Lipinski definition) is 1. The Balaban J connectivity index is 2.66. The Bertz CT molecular complexity index is 387. The zero-order chi connectivity index (χ0) is 13.8. The van der Waals surface area contributed by atoms with Crippen LogP contribution in [0.2, 0.25) is 0 Å². The monoisotopic (exact) mass is 263 g/mol. The van der Waals surface area contributed by atoms with Crippen molar-refractivity contribution in [3.05, 3.63) is 35.1 Å². The number of alkyl halides is 3. The Morgan fingerprint density at radius 3 is 2.44 bits per heavy atom. The molecule has 5 heteroatoms. The van der Waals surface area contributed by atoms with E-state index >= 15 is 0 Å². The molecule has 1 atom stereocenters. The summed E-state index contributed by atoms with van der Waals surface area (Å²) < 4.78 is 49.8. The van der Waals surface area contributed by atoms with Crippen molar-refractivity contribution < 1.29 is 17.6 Å². The van der Waals surface area contributed by atoms with E-state index in [1.165, 1.54) is 6.07 Å². The van der Waals surface area contributed by atoms with Gasteiger partial charge < -0.3 is 5.32 Å². The summed E-state index contributed by atoms with van der Waals surface area (Å²) in [5.74, 6) is -0.374. The van der Waals surface area contributed by atoms with E-state index < -0.39 is 12.6 Å². The van der Waals surface area contributed by atoms with Crippen LogP contribution in [-0.2, 0) is 0 Å². The molecule has 0 fully saturated rings. The quantitative estimate of drug-likeness (QED) is 0.788. The minimum Gasteiger partial charge on any atom is -0.313 e. The Kier molecular flexibility index (Phi) is 5.14. The van der Waals surface area contributed by atoms with E-state index in [0.29, 0.717) is 5.56 Å². The molecule has 1 N–H and O–H groups in total. The summed E-state index contributed by atoms with van der Waals surface area (Å²) in [6.07, 6.45) is -4.74. The number of rotatable bonds is 5. The van der Waals surface area contributed by atoms with E-state index in [1.807, 2.05) is 0 Å². The van der Waals surface area contributed by atoms with Gasteiger partial charge in [0.25, 0.3) is 0 Å². The Hall–Kier alpha value is -1.10. The highest BCUT2D eigenvalue weighted by atomic mass is 19.4. The van der Waals surface area contributed by atoms with Gasteiger partial charge in [-0.1, -0.05) is 12.1 Å². The van der Waals surface area contributed by atoms with Gasteiger partial charge in [-0.15, -0.1) is 0 Å². The normalized spacial score (nSPS) is 13.7. The van der Waals surface area contributed by atoms with Gasteiger partial charge in [0.2, 0.25) is 0 Å². The third-order valence-electron chi connectivity index (χ3n) is 2.83. The molecule has 1 nitrogen and oxygen atoms in total. The molecule has 0 radical (unpaired) electrons. The summed E-state index contributed by atoms with van der Waals surface area (Å²) in [4.78, 5) is 0. The van der Waals surface area contributed by atoms with Crippen LogP contribution in [-0.4, -0.2) is 13.2 Å². The van der Waals surface area contributed by atoms with Gasteiger partial charge in [0.15, 0.2) is 0 Å². The Morgan fingerprint density at radius 2 is 1.94 bits per heavy atom. The molecule has 1 unspecified atom stereocenters. The van der Waals surface area contributed by atoms with Crippen LogP contribution in [0.3, 0.4) is 0 Å². The van der Waals surface area contributed by atoms with Gasteiger partial charge in [0, 0.05) is 18.0 Å². The zero-order valence-corrected chi connectivity index (χ0v) is 10.4. The van der Waals surface area contributed by atoms with Crippen molar-refractivity contribution in [2.45, 2.75) is 38.4 Å². The number of nitrogens with one attached hydrogen (secondary N) is 1. The summed E-state index contributed by atoms with van der Waals surface area (Å²) in [5, 5.41) is 2.86. The first-order chi connectivity index (χ1) is 8.33. The predicted molar refractivity (Wildman–Crippen MR) is 62.8 cm³/mol. The van der Waals surface area contributed by atoms with Crippen molar-refractivity contribution in [2.75, 3.05) is 7.05 Å². The van der Waals surface area contributed by atoms with Gasteiger partial charge in [-0.2, -0.15) is 13.2 Å². The summed E-state index contributed by atoms with van der Waals surface area (Å²) >= 11 is 0. The van der Waals surface area contributed by atoms with Gasteiger partial charge in [-0.25, -0.2) is 4.39 Å². The van der Waals surface area contributed by atoms with Crippen molar-refractivity contribution in [1.82, 2.24) is 5.32 Å². The summed E-state index contributed by atoms with van der Waals surface area (Å²) in [7, 11) is 1.62. The Morgan fingerprint density at radius 1 is 1.28 bits per heavy atom. The average Bonchev–Trinajstić information content (AvgIpc) is 2.24. The molecule has 0 saturated carbocycles. The molecule has 1 rings (SSSR count). The minimum atomic E-state index is -4.15. The van der Waals surface area contributed by atoms with Crippen LogP contribution >= 0.6 is 0 Å². The third kappa shape index (κ3) is 4.64. The van der Waals surface area contributed by atoms with Crippen LogP contribution in [0.25, 0.3) is 0 Å². The van der Waals surface area contributed by atoms with E-state index in [1.54, 1.807) is 26.1 Å². The molecule has 1 aromatic rings. The molecule has 0 saturated heterocycles. The lowest BCUT2D eigenvalue weighted by Crippen LogP contribution is -2.19. The second-order valence-electron chi connectivity index (χ2n) is 4.37. The highest BCUT2D eigenvalue weighted by molar-refractivity contribution is 5.26. The predicted octanol–water partition coefficient (Wildman–Crippen LogP) is 4.13. The highest BCUT2D eigenvalue weighted by Crippen LogP contribution is 2.27. The van der Waals surface area contributed by atoms with Crippen LogP contribution in [0.15, 0.2) is 18.2 Å². The first kappa shape index (κ1) is 15.0. The van der Waals surface area contributed by atoms with E-state index in [9.17, 15) is 17.6 Å². The summed E-state index contributed by atoms with van der Waals surface area (Å²) in [5.41, 5.74) is 1.21. The topological polar surface area (TPSA) is 12.0 Å². The van der Waals surface area contributed by atoms with Crippen molar-refractivity contribution in [2.24, 2.45) is 0 Å². The maximum atomic E-state index is 13.7. The van der Waals surface area contributed by atoms with Crippen molar-refractivity contribution in [3.8, 4) is 0 Å². The number of hydrogen-bond donors (Lipinski definition) is 1. The molecule has 102 valence electrons. The molecule has 0 aliphatic rings. The second kappa shape index (κ2) is 6.18. The smallest absolute Gasteiger partial charge is 0.313 e. The van der Waals surface area contributed by atoms with E-state index in [4.69, 9.17) is 0 Å². The van der Waals surface area contributed by atoms with E-state index in [2.05, 4.69) is 5.32 Å². The molecule has 0 heterocycles. The molecule has 0 aliphatic carbocycles. The van der Waals surface area contributed by atoms with Crippen LogP contribution in [0.4, 0.5) is 17.6 Å². The lowest BCUT2D eigenvalue weighted by Gasteiger charge is -2.18. The average molecular weight is 263 g/mol. The number of benzene rings is 1. The Labute approximate surface area is 104 Å². The number of aryl methyl sites for hydroxylation is 1. The van der Waals surface area contributed by atoms with Crippen molar-refractivity contribution in [1.29, 1.82) is 0 Å². The van der Waals surface area contributed by atoms with Crippen LogP contribution in [0.5, 0.6) is 0 Å². The molecule has 0 amide bonds. The molecule has 1 aromatic carbocycles. The second-order valence-corrected chi connectivity index (χ2v) is 4.37. The fraction of sp³-hybridized carbons (Fsp3) is 0.538. The fourth-order valence-electron chi connectivity index (χ4n) is 1.88.